The molecule has 26 heavy (non-hydrogen) atoms. The summed E-state index contributed by atoms with van der Waals surface area (Å²) in [5.74, 6) is -1.82. The largest absolute Gasteiger partial charge is 0.397 e. The standard InChI is InChI=1S/C14H5Cl3N2O6S/c15-6-1-4-5(2-7(6)16)14(21)11-10(13(4)20)8(19(22)23)3-9(12(11)18)26(17,24)25/h1-3H,18H2. The minimum absolute atomic E-state index is 0.0365. The normalized spacial score (nSPS) is 13.3. The van der Waals surface area contributed by atoms with E-state index in [1.165, 1.54) is 0 Å². The molecule has 0 spiro atoms. The number of benzene rings is 2. The summed E-state index contributed by atoms with van der Waals surface area (Å²) in [6.07, 6.45) is 0. The fourth-order valence-electron chi connectivity index (χ4n) is 2.66. The number of carbonyl (C=O) groups is 2. The van der Waals surface area contributed by atoms with E-state index >= 15 is 0 Å². The molecule has 0 radical (unpaired) electrons. The lowest BCUT2D eigenvalue weighted by atomic mass is 9.82. The van der Waals surface area contributed by atoms with E-state index in [1.54, 1.807) is 0 Å². The van der Waals surface area contributed by atoms with Gasteiger partial charge in [-0.3, -0.25) is 19.7 Å². The first-order valence-corrected chi connectivity index (χ1v) is 9.65. The molecule has 2 aromatic carbocycles. The van der Waals surface area contributed by atoms with Crippen LogP contribution in [0.25, 0.3) is 0 Å². The molecule has 2 aromatic rings. The van der Waals surface area contributed by atoms with Gasteiger partial charge in [0.15, 0.2) is 5.78 Å². The van der Waals surface area contributed by atoms with Crippen molar-refractivity contribution >= 4 is 65.9 Å². The maximum Gasteiger partial charge on any atom is 0.282 e. The lowest BCUT2D eigenvalue weighted by Crippen LogP contribution is -2.25. The predicted molar refractivity (Wildman–Crippen MR) is 93.9 cm³/mol. The number of ketones is 2. The Bertz CT molecular complexity index is 1160. The molecule has 0 saturated heterocycles. The van der Waals surface area contributed by atoms with Gasteiger partial charge < -0.3 is 5.73 Å². The Labute approximate surface area is 160 Å². The van der Waals surface area contributed by atoms with Crippen molar-refractivity contribution in [3.8, 4) is 0 Å². The number of nitrogens with two attached hydrogens (primary N) is 1. The van der Waals surface area contributed by atoms with Gasteiger partial charge in [0.05, 0.1) is 26.2 Å². The molecule has 1 aliphatic carbocycles. The summed E-state index contributed by atoms with van der Waals surface area (Å²) < 4.78 is 23.3. The maximum atomic E-state index is 12.8. The van der Waals surface area contributed by atoms with Crippen LogP contribution in [0.3, 0.4) is 0 Å². The average molecular weight is 436 g/mol. The van der Waals surface area contributed by atoms with Crippen LogP contribution in [0, 0.1) is 10.1 Å². The van der Waals surface area contributed by atoms with Crippen LogP contribution in [0.4, 0.5) is 11.4 Å². The van der Waals surface area contributed by atoms with Gasteiger partial charge in [-0.05, 0) is 12.1 Å². The Kier molecular flexibility index (Phi) is 4.23. The van der Waals surface area contributed by atoms with Gasteiger partial charge in [0.2, 0.25) is 5.78 Å². The number of halogens is 3. The van der Waals surface area contributed by atoms with Crippen molar-refractivity contribution in [1.29, 1.82) is 0 Å². The van der Waals surface area contributed by atoms with Crippen LogP contribution in [0.15, 0.2) is 23.1 Å². The van der Waals surface area contributed by atoms with Crippen molar-refractivity contribution in [2.75, 3.05) is 5.73 Å². The molecule has 0 heterocycles. The quantitative estimate of drug-likeness (QED) is 0.282. The number of fused-ring (bicyclic) bond motifs is 2. The van der Waals surface area contributed by atoms with Crippen LogP contribution in [0.1, 0.15) is 31.8 Å². The Balaban J connectivity index is 2.50. The van der Waals surface area contributed by atoms with Crippen molar-refractivity contribution in [3.63, 3.8) is 0 Å². The summed E-state index contributed by atoms with van der Waals surface area (Å²) in [5.41, 5.74) is 2.49. The minimum atomic E-state index is -4.52. The van der Waals surface area contributed by atoms with Crippen LogP contribution >= 0.6 is 33.9 Å². The van der Waals surface area contributed by atoms with Gasteiger partial charge in [-0.15, -0.1) is 0 Å². The molecule has 0 unspecified atom stereocenters. The number of hydrogen-bond donors (Lipinski definition) is 1. The zero-order chi connectivity index (χ0) is 19.5. The second-order valence-corrected chi connectivity index (χ2v) is 8.57. The molecule has 8 nitrogen and oxygen atoms in total. The molecule has 0 aliphatic heterocycles. The first-order valence-electron chi connectivity index (χ1n) is 6.59. The van der Waals surface area contributed by atoms with Gasteiger partial charge in [-0.2, -0.15) is 0 Å². The average Bonchev–Trinajstić information content (AvgIpc) is 2.52. The summed E-state index contributed by atoms with van der Waals surface area (Å²) in [4.78, 5) is 35.1. The zero-order valence-corrected chi connectivity index (χ0v) is 15.3. The lowest BCUT2D eigenvalue weighted by Gasteiger charge is -2.20. The highest BCUT2D eigenvalue weighted by molar-refractivity contribution is 8.13. The number of rotatable bonds is 2. The van der Waals surface area contributed by atoms with E-state index < -0.39 is 52.9 Å². The molecule has 0 atom stereocenters. The number of carbonyl (C=O) groups excluding carboxylic acids is 2. The fourth-order valence-corrected chi connectivity index (χ4v) is 3.99. The van der Waals surface area contributed by atoms with Crippen LogP contribution in [-0.4, -0.2) is 24.9 Å². The summed E-state index contributed by atoms with van der Waals surface area (Å²) >= 11 is 11.7. The second kappa shape index (κ2) is 5.92. The van der Waals surface area contributed by atoms with E-state index in [0.29, 0.717) is 6.07 Å². The molecule has 1 aliphatic rings. The number of nitro benzene ring substituents is 1. The molecule has 0 bridgehead atoms. The van der Waals surface area contributed by atoms with Crippen LogP contribution < -0.4 is 5.73 Å². The molecule has 0 saturated carbocycles. The van der Waals surface area contributed by atoms with Gasteiger partial charge in [0, 0.05) is 27.9 Å². The third kappa shape index (κ3) is 2.64. The van der Waals surface area contributed by atoms with Crippen molar-refractivity contribution in [1.82, 2.24) is 0 Å². The zero-order valence-electron chi connectivity index (χ0n) is 12.2. The highest BCUT2D eigenvalue weighted by Crippen LogP contribution is 2.42. The maximum absolute atomic E-state index is 12.8. The molecule has 12 heteroatoms. The first kappa shape index (κ1) is 18.6. The summed E-state index contributed by atoms with van der Waals surface area (Å²) in [6.45, 7) is 0. The van der Waals surface area contributed by atoms with E-state index in [4.69, 9.17) is 39.6 Å². The summed E-state index contributed by atoms with van der Waals surface area (Å²) in [7, 11) is 0.724. The molecule has 134 valence electrons. The first-order chi connectivity index (χ1) is 11.9. The highest BCUT2D eigenvalue weighted by atomic mass is 35.7. The number of anilines is 1. The molecular weight excluding hydrogens is 431 g/mol. The summed E-state index contributed by atoms with van der Waals surface area (Å²) in [5, 5.41) is 11.3. The molecule has 0 fully saturated rings. The van der Waals surface area contributed by atoms with Crippen LogP contribution in [-0.2, 0) is 9.05 Å². The Hall–Kier alpha value is -2.20. The van der Waals surface area contributed by atoms with Gasteiger partial charge in [0.25, 0.3) is 14.7 Å². The van der Waals surface area contributed by atoms with Crippen LogP contribution in [0.2, 0.25) is 10.0 Å². The highest BCUT2D eigenvalue weighted by Gasteiger charge is 2.40. The number of nitrogens with zero attached hydrogens (tertiary/aromatic N) is 1. The van der Waals surface area contributed by atoms with Gasteiger partial charge >= 0.3 is 0 Å². The molecule has 2 N–H and O–H groups in total. The number of nitro groups is 1. The van der Waals surface area contributed by atoms with E-state index in [0.717, 1.165) is 12.1 Å². The SMILES string of the molecule is Nc1c(S(=O)(=O)Cl)cc([N+](=O)[O-])c2c1C(=O)c1cc(Cl)c(Cl)cc1C2=O. The van der Waals surface area contributed by atoms with E-state index in [1.807, 2.05) is 0 Å². The van der Waals surface area contributed by atoms with Crippen molar-refractivity contribution in [2.24, 2.45) is 0 Å². The Morgan fingerprint density at radius 2 is 1.42 bits per heavy atom. The predicted octanol–water partition coefficient (Wildman–Crippen LogP) is 3.19. The number of nitrogen functional groups attached to an aromatic ring is 1. The molecule has 3 rings (SSSR count). The third-order valence-corrected chi connectivity index (χ3v) is 5.86. The second-order valence-electron chi connectivity index (χ2n) is 5.22. The summed E-state index contributed by atoms with van der Waals surface area (Å²) in [6, 6.07) is 2.76. The Morgan fingerprint density at radius 1 is 0.962 bits per heavy atom. The molecule has 0 amide bonds. The van der Waals surface area contributed by atoms with E-state index in [9.17, 15) is 28.1 Å². The molecule has 0 aromatic heterocycles. The van der Waals surface area contributed by atoms with E-state index in [2.05, 4.69) is 0 Å². The fraction of sp³-hybridized carbons (Fsp3) is 0. The Morgan fingerprint density at radius 3 is 1.85 bits per heavy atom. The van der Waals surface area contributed by atoms with Gasteiger partial charge in [-0.1, -0.05) is 23.2 Å². The van der Waals surface area contributed by atoms with Gasteiger partial charge in [-0.25, -0.2) is 8.42 Å². The lowest BCUT2D eigenvalue weighted by molar-refractivity contribution is -0.385. The van der Waals surface area contributed by atoms with Crippen molar-refractivity contribution < 1.29 is 22.9 Å². The van der Waals surface area contributed by atoms with Gasteiger partial charge in [0.1, 0.15) is 10.5 Å². The van der Waals surface area contributed by atoms with E-state index in [-0.39, 0.29) is 21.2 Å². The smallest absolute Gasteiger partial charge is 0.282 e. The monoisotopic (exact) mass is 434 g/mol. The van der Waals surface area contributed by atoms with Crippen molar-refractivity contribution in [2.45, 2.75) is 4.90 Å². The topological polar surface area (TPSA) is 137 Å². The number of hydrogen-bond acceptors (Lipinski definition) is 7. The van der Waals surface area contributed by atoms with Crippen molar-refractivity contribution in [3.05, 3.63) is 60.6 Å². The van der Waals surface area contributed by atoms with Crippen LogP contribution in [0.5, 0.6) is 0 Å². The third-order valence-electron chi connectivity index (χ3n) is 3.77. The molecular formula is C14H5Cl3N2O6S. The minimum Gasteiger partial charge on any atom is -0.397 e.